The molecule has 4 nitrogen and oxygen atoms in total. The number of ether oxygens (including phenoxy) is 2. The van der Waals surface area contributed by atoms with Crippen molar-refractivity contribution < 1.29 is 14.6 Å². The largest absolute Gasteiger partial charge is 0.490 e. The van der Waals surface area contributed by atoms with E-state index in [1.807, 2.05) is 19.1 Å². The zero-order valence-corrected chi connectivity index (χ0v) is 13.8. The number of nitrogens with one attached hydrogen (secondary N) is 1. The first-order valence-corrected chi connectivity index (χ1v) is 7.87. The summed E-state index contributed by atoms with van der Waals surface area (Å²) in [5, 5.41) is 13.9. The third-order valence-corrected chi connectivity index (χ3v) is 3.32. The fourth-order valence-corrected chi connectivity index (χ4v) is 2.13. The number of aliphatic hydroxyl groups excluding tert-OH is 1. The van der Waals surface area contributed by atoms with Gasteiger partial charge in [0.25, 0.3) is 0 Å². The molecule has 0 heterocycles. The fraction of sp³-hybridized carbons (Fsp3) is 0.625. The van der Waals surface area contributed by atoms with Gasteiger partial charge in [-0.1, -0.05) is 18.5 Å². The summed E-state index contributed by atoms with van der Waals surface area (Å²) in [7, 11) is 0. The molecule has 0 saturated heterocycles. The van der Waals surface area contributed by atoms with Crippen LogP contribution in [0.4, 0.5) is 0 Å². The Hall–Kier alpha value is -0.810. The van der Waals surface area contributed by atoms with Crippen LogP contribution in [0.25, 0.3) is 0 Å². The van der Waals surface area contributed by atoms with Gasteiger partial charge in [-0.05, 0) is 45.0 Å². The molecule has 0 radical (unpaired) electrons. The Morgan fingerprint density at radius 1 is 1.29 bits per heavy atom. The summed E-state index contributed by atoms with van der Waals surface area (Å²) in [5.41, 5.74) is 1.000. The van der Waals surface area contributed by atoms with E-state index < -0.39 is 6.10 Å². The van der Waals surface area contributed by atoms with Crippen LogP contribution in [-0.2, 0) is 4.74 Å². The summed E-state index contributed by atoms with van der Waals surface area (Å²) in [6.45, 7) is 8.09. The van der Waals surface area contributed by atoms with E-state index >= 15 is 0 Å². The Balaban J connectivity index is 2.67. The second-order valence-electron chi connectivity index (χ2n) is 4.98. The van der Waals surface area contributed by atoms with Gasteiger partial charge in [0.2, 0.25) is 0 Å². The zero-order valence-electron chi connectivity index (χ0n) is 13.1. The molecule has 2 unspecified atom stereocenters. The lowest BCUT2D eigenvalue weighted by molar-refractivity contribution is 0.0162. The monoisotopic (exact) mass is 315 g/mol. The lowest BCUT2D eigenvalue weighted by atomic mass is 10.1. The van der Waals surface area contributed by atoms with Crippen LogP contribution in [0.5, 0.6) is 5.75 Å². The van der Waals surface area contributed by atoms with Crippen molar-refractivity contribution in [3.8, 4) is 5.75 Å². The average Bonchev–Trinajstić information content (AvgIpc) is 2.49. The molecule has 5 heteroatoms. The summed E-state index contributed by atoms with van der Waals surface area (Å²) in [6.07, 6.45) is 0.432. The first kappa shape index (κ1) is 18.2. The Morgan fingerprint density at radius 3 is 2.71 bits per heavy atom. The minimum Gasteiger partial charge on any atom is -0.490 e. The van der Waals surface area contributed by atoms with E-state index in [1.165, 1.54) is 0 Å². The normalized spacial score (nSPS) is 14.0. The van der Waals surface area contributed by atoms with Gasteiger partial charge in [0.1, 0.15) is 18.5 Å². The number of hydrogen-bond acceptors (Lipinski definition) is 4. The van der Waals surface area contributed by atoms with Crippen molar-refractivity contribution in [3.05, 3.63) is 28.8 Å². The number of aliphatic hydroxyl groups is 1. The molecule has 120 valence electrons. The van der Waals surface area contributed by atoms with Crippen LogP contribution >= 0.6 is 11.6 Å². The van der Waals surface area contributed by atoms with E-state index in [9.17, 15) is 5.11 Å². The highest BCUT2D eigenvalue weighted by molar-refractivity contribution is 6.30. The molecule has 0 fully saturated rings. The quantitative estimate of drug-likeness (QED) is 0.696. The maximum Gasteiger partial charge on any atom is 0.124 e. The van der Waals surface area contributed by atoms with E-state index in [0.717, 1.165) is 24.3 Å². The molecule has 1 aromatic carbocycles. The molecule has 2 atom stereocenters. The van der Waals surface area contributed by atoms with E-state index in [-0.39, 0.29) is 19.3 Å². The van der Waals surface area contributed by atoms with Crippen molar-refractivity contribution in [1.82, 2.24) is 5.32 Å². The Kier molecular flexibility index (Phi) is 8.69. The maximum absolute atomic E-state index is 9.78. The molecule has 21 heavy (non-hydrogen) atoms. The van der Waals surface area contributed by atoms with Crippen LogP contribution in [0.15, 0.2) is 18.2 Å². The van der Waals surface area contributed by atoms with Crippen LogP contribution in [0.3, 0.4) is 0 Å². The molecule has 2 N–H and O–H groups in total. The molecule has 0 bridgehead atoms. The van der Waals surface area contributed by atoms with Crippen LogP contribution in [-0.4, -0.2) is 37.6 Å². The van der Waals surface area contributed by atoms with E-state index in [4.69, 9.17) is 21.1 Å². The molecule has 0 aliphatic carbocycles. The number of rotatable bonds is 10. The fourth-order valence-electron chi connectivity index (χ4n) is 1.95. The van der Waals surface area contributed by atoms with Crippen molar-refractivity contribution in [3.63, 3.8) is 0 Å². The lowest BCUT2D eigenvalue weighted by Crippen LogP contribution is -2.25. The third-order valence-electron chi connectivity index (χ3n) is 3.08. The highest BCUT2D eigenvalue weighted by Crippen LogP contribution is 2.28. The second-order valence-corrected chi connectivity index (χ2v) is 5.42. The van der Waals surface area contributed by atoms with Crippen LogP contribution in [0, 0.1) is 0 Å². The number of hydrogen-bond donors (Lipinski definition) is 2. The van der Waals surface area contributed by atoms with Gasteiger partial charge in [0.05, 0.1) is 6.61 Å². The molecule has 0 aromatic heterocycles. The summed E-state index contributed by atoms with van der Waals surface area (Å²) >= 11 is 6.07. The van der Waals surface area contributed by atoms with Crippen molar-refractivity contribution >= 4 is 11.6 Å². The third kappa shape index (κ3) is 6.66. The van der Waals surface area contributed by atoms with Crippen molar-refractivity contribution in [2.45, 2.75) is 39.3 Å². The zero-order chi connectivity index (χ0) is 15.7. The Labute approximate surface area is 132 Å². The summed E-state index contributed by atoms with van der Waals surface area (Å²) < 4.78 is 10.9. The van der Waals surface area contributed by atoms with Gasteiger partial charge in [-0.3, -0.25) is 0 Å². The van der Waals surface area contributed by atoms with Gasteiger partial charge in [-0.2, -0.15) is 0 Å². The molecular formula is C16H26ClNO3. The minimum atomic E-state index is -0.632. The predicted molar refractivity (Wildman–Crippen MR) is 86.2 cm³/mol. The van der Waals surface area contributed by atoms with Gasteiger partial charge in [0, 0.05) is 23.2 Å². The van der Waals surface area contributed by atoms with Gasteiger partial charge in [-0.25, -0.2) is 0 Å². The molecular weight excluding hydrogens is 290 g/mol. The van der Waals surface area contributed by atoms with E-state index in [0.29, 0.717) is 11.6 Å². The molecule has 0 aliphatic rings. The predicted octanol–water partition coefficient (Wildman–Crippen LogP) is 3.18. The van der Waals surface area contributed by atoms with Crippen molar-refractivity contribution in [1.29, 1.82) is 0 Å². The van der Waals surface area contributed by atoms with Crippen molar-refractivity contribution in [2.75, 3.05) is 26.4 Å². The van der Waals surface area contributed by atoms with Crippen LogP contribution < -0.4 is 10.1 Å². The Morgan fingerprint density at radius 2 is 2.05 bits per heavy atom. The summed E-state index contributed by atoms with van der Waals surface area (Å²) in [6, 6.07) is 5.68. The highest BCUT2D eigenvalue weighted by atomic mass is 35.5. The van der Waals surface area contributed by atoms with Gasteiger partial charge in [0.15, 0.2) is 0 Å². The van der Waals surface area contributed by atoms with E-state index in [1.54, 1.807) is 6.07 Å². The van der Waals surface area contributed by atoms with Gasteiger partial charge >= 0.3 is 0 Å². The minimum absolute atomic E-state index is 0.141. The van der Waals surface area contributed by atoms with Gasteiger partial charge < -0.3 is 19.9 Å². The number of benzene rings is 1. The lowest BCUT2D eigenvalue weighted by Gasteiger charge is -2.20. The molecule has 0 spiro atoms. The second kappa shape index (κ2) is 10.0. The first-order valence-electron chi connectivity index (χ1n) is 7.49. The topological polar surface area (TPSA) is 50.7 Å². The number of halogens is 1. The Bertz CT molecular complexity index is 415. The SMILES string of the molecule is CCCNC(C)c1cc(Cl)ccc1OCC(O)COCC. The smallest absolute Gasteiger partial charge is 0.124 e. The standard InChI is InChI=1S/C16H26ClNO3/c1-4-8-18-12(3)15-9-13(17)6-7-16(15)21-11-14(19)10-20-5-2/h6-7,9,12,14,18-19H,4-5,8,10-11H2,1-3H3. The summed E-state index contributed by atoms with van der Waals surface area (Å²) in [5.74, 6) is 0.742. The molecule has 1 rings (SSSR count). The average molecular weight is 316 g/mol. The van der Waals surface area contributed by atoms with E-state index in [2.05, 4.69) is 19.2 Å². The van der Waals surface area contributed by atoms with Gasteiger partial charge in [-0.15, -0.1) is 0 Å². The molecule has 0 amide bonds. The maximum atomic E-state index is 9.78. The molecule has 0 aliphatic heterocycles. The highest BCUT2D eigenvalue weighted by Gasteiger charge is 2.13. The van der Waals surface area contributed by atoms with Crippen LogP contribution in [0.2, 0.25) is 5.02 Å². The molecule has 1 aromatic rings. The summed E-state index contributed by atoms with van der Waals surface area (Å²) in [4.78, 5) is 0. The van der Waals surface area contributed by atoms with Crippen molar-refractivity contribution in [2.24, 2.45) is 0 Å². The van der Waals surface area contributed by atoms with Crippen LogP contribution in [0.1, 0.15) is 38.8 Å². The first-order chi connectivity index (χ1) is 10.1. The molecule has 0 saturated carbocycles.